The van der Waals surface area contributed by atoms with E-state index < -0.39 is 0 Å². The molecule has 0 spiro atoms. The Morgan fingerprint density at radius 3 is 2.59 bits per heavy atom. The van der Waals surface area contributed by atoms with Crippen molar-refractivity contribution >= 4 is 29.1 Å². The van der Waals surface area contributed by atoms with E-state index in [4.69, 9.17) is 11.6 Å². The van der Waals surface area contributed by atoms with Gasteiger partial charge < -0.3 is 10.6 Å². The molecule has 1 aromatic carbocycles. The number of benzene rings is 1. The molecule has 0 fully saturated rings. The Morgan fingerprint density at radius 1 is 1.24 bits per heavy atom. The molecule has 2 amide bonds. The first-order valence-electron chi connectivity index (χ1n) is 5.31. The van der Waals surface area contributed by atoms with E-state index in [1.54, 1.807) is 0 Å². The van der Waals surface area contributed by atoms with Crippen molar-refractivity contribution in [2.24, 2.45) is 0 Å². The molecule has 0 aromatic heterocycles. The number of para-hydroxylation sites is 1. The van der Waals surface area contributed by atoms with Crippen molar-refractivity contribution in [3.63, 3.8) is 0 Å². The molecule has 4 nitrogen and oxygen atoms in total. The van der Waals surface area contributed by atoms with Gasteiger partial charge in [0.05, 0.1) is 0 Å². The van der Waals surface area contributed by atoms with E-state index >= 15 is 0 Å². The molecule has 1 rings (SSSR count). The molecule has 0 atom stereocenters. The molecule has 0 unspecified atom stereocenters. The van der Waals surface area contributed by atoms with Crippen LogP contribution in [0.15, 0.2) is 24.3 Å². The molecule has 1 aromatic rings. The van der Waals surface area contributed by atoms with Crippen LogP contribution in [0.5, 0.6) is 0 Å². The monoisotopic (exact) mass is 254 g/mol. The van der Waals surface area contributed by atoms with Crippen LogP contribution in [-0.4, -0.2) is 24.2 Å². The Hall–Kier alpha value is -1.55. The highest BCUT2D eigenvalue weighted by Gasteiger charge is 2.04. The van der Waals surface area contributed by atoms with E-state index in [2.05, 4.69) is 10.6 Å². The fourth-order valence-corrected chi connectivity index (χ4v) is 1.38. The molecule has 17 heavy (non-hydrogen) atoms. The van der Waals surface area contributed by atoms with Crippen molar-refractivity contribution in [2.45, 2.75) is 13.3 Å². The molecule has 0 saturated heterocycles. The Balaban J connectivity index is 2.35. The molecule has 0 aliphatic heterocycles. The minimum absolute atomic E-state index is 0.0839. The lowest BCUT2D eigenvalue weighted by atomic mass is 10.2. The van der Waals surface area contributed by atoms with Crippen molar-refractivity contribution < 1.29 is 9.59 Å². The van der Waals surface area contributed by atoms with Crippen LogP contribution in [0.4, 0.5) is 5.69 Å². The Bertz CT molecular complexity index is 407. The van der Waals surface area contributed by atoms with Crippen molar-refractivity contribution in [1.29, 1.82) is 0 Å². The first-order chi connectivity index (χ1) is 8.13. The molecular weight excluding hydrogens is 240 g/mol. The van der Waals surface area contributed by atoms with Crippen LogP contribution >= 0.6 is 11.6 Å². The fraction of sp³-hybridized carbons (Fsp3) is 0.333. The normalized spacial score (nSPS) is 9.76. The summed E-state index contributed by atoms with van der Waals surface area (Å²) in [5.74, 6) is -0.482. The van der Waals surface area contributed by atoms with Crippen molar-refractivity contribution in [2.75, 3.05) is 17.7 Å². The highest BCUT2D eigenvalue weighted by atomic mass is 35.5. The number of halogens is 1. The minimum atomic E-state index is -0.268. The SMILES string of the molecule is Cc1ccccc1NC(=O)CCNC(=O)CCl. The summed E-state index contributed by atoms with van der Waals surface area (Å²) < 4.78 is 0. The van der Waals surface area contributed by atoms with Crippen molar-refractivity contribution in [3.8, 4) is 0 Å². The van der Waals surface area contributed by atoms with E-state index in [1.165, 1.54) is 0 Å². The summed E-state index contributed by atoms with van der Waals surface area (Å²) in [5, 5.41) is 5.31. The maximum absolute atomic E-state index is 11.5. The van der Waals surface area contributed by atoms with Gasteiger partial charge in [-0.15, -0.1) is 11.6 Å². The quantitative estimate of drug-likeness (QED) is 0.786. The van der Waals surface area contributed by atoms with Gasteiger partial charge in [-0.2, -0.15) is 0 Å². The number of alkyl halides is 1. The van der Waals surface area contributed by atoms with Crippen LogP contribution in [-0.2, 0) is 9.59 Å². The van der Waals surface area contributed by atoms with Gasteiger partial charge in [-0.3, -0.25) is 9.59 Å². The zero-order valence-corrected chi connectivity index (χ0v) is 10.4. The van der Waals surface area contributed by atoms with Gasteiger partial charge in [0.2, 0.25) is 11.8 Å². The third-order valence-corrected chi connectivity index (χ3v) is 2.46. The second kappa shape index (κ2) is 6.91. The van der Waals surface area contributed by atoms with Gasteiger partial charge in [0, 0.05) is 18.7 Å². The summed E-state index contributed by atoms with van der Waals surface area (Å²) in [6, 6.07) is 7.53. The highest BCUT2D eigenvalue weighted by molar-refractivity contribution is 6.27. The average Bonchev–Trinajstić information content (AvgIpc) is 2.32. The van der Waals surface area contributed by atoms with Gasteiger partial charge in [-0.25, -0.2) is 0 Å². The highest BCUT2D eigenvalue weighted by Crippen LogP contribution is 2.12. The van der Waals surface area contributed by atoms with Crippen molar-refractivity contribution in [3.05, 3.63) is 29.8 Å². The minimum Gasteiger partial charge on any atom is -0.355 e. The number of carbonyl (C=O) groups excluding carboxylic acids is 2. The maximum Gasteiger partial charge on any atom is 0.234 e. The number of nitrogens with one attached hydrogen (secondary N) is 2. The largest absolute Gasteiger partial charge is 0.355 e. The Kier molecular flexibility index (Phi) is 5.49. The van der Waals surface area contributed by atoms with Crippen LogP contribution in [0, 0.1) is 6.92 Å². The van der Waals surface area contributed by atoms with Crippen LogP contribution in [0.25, 0.3) is 0 Å². The summed E-state index contributed by atoms with van der Waals surface area (Å²) in [6.45, 7) is 2.22. The molecular formula is C12H15ClN2O2. The Morgan fingerprint density at radius 2 is 1.94 bits per heavy atom. The van der Waals surface area contributed by atoms with Gasteiger partial charge in [0.25, 0.3) is 0 Å². The molecule has 0 heterocycles. The number of amides is 2. The summed E-state index contributed by atoms with van der Waals surface area (Å²) in [4.78, 5) is 22.4. The number of hydrogen-bond donors (Lipinski definition) is 2. The second-order valence-electron chi connectivity index (χ2n) is 3.60. The first kappa shape index (κ1) is 13.5. The van der Waals surface area contributed by atoms with E-state index in [-0.39, 0.29) is 24.1 Å². The molecule has 5 heteroatoms. The lowest BCUT2D eigenvalue weighted by molar-refractivity contribution is -0.119. The van der Waals surface area contributed by atoms with Crippen molar-refractivity contribution in [1.82, 2.24) is 5.32 Å². The lowest BCUT2D eigenvalue weighted by Gasteiger charge is -2.08. The fourth-order valence-electron chi connectivity index (χ4n) is 1.29. The number of carbonyl (C=O) groups is 2. The zero-order valence-electron chi connectivity index (χ0n) is 9.63. The topological polar surface area (TPSA) is 58.2 Å². The Labute approximate surface area is 105 Å². The summed E-state index contributed by atoms with van der Waals surface area (Å²) in [5.41, 5.74) is 1.80. The van der Waals surface area contributed by atoms with Crippen LogP contribution in [0.3, 0.4) is 0 Å². The molecule has 92 valence electrons. The maximum atomic E-state index is 11.5. The van der Waals surface area contributed by atoms with E-state index in [9.17, 15) is 9.59 Å². The van der Waals surface area contributed by atoms with Gasteiger partial charge in [-0.1, -0.05) is 18.2 Å². The van der Waals surface area contributed by atoms with Gasteiger partial charge in [0.15, 0.2) is 0 Å². The molecule has 2 N–H and O–H groups in total. The third kappa shape index (κ3) is 4.87. The predicted molar refractivity (Wildman–Crippen MR) is 68.2 cm³/mol. The van der Waals surface area contributed by atoms with Gasteiger partial charge in [0.1, 0.15) is 5.88 Å². The number of aryl methyl sites for hydroxylation is 1. The summed E-state index contributed by atoms with van der Waals surface area (Å²) in [6.07, 6.45) is 0.233. The summed E-state index contributed by atoms with van der Waals surface area (Å²) in [7, 11) is 0. The number of rotatable bonds is 5. The third-order valence-electron chi connectivity index (χ3n) is 2.21. The van der Waals surface area contributed by atoms with Crippen LogP contribution in [0.2, 0.25) is 0 Å². The smallest absolute Gasteiger partial charge is 0.234 e. The standard InChI is InChI=1S/C12H15ClN2O2/c1-9-4-2-3-5-10(9)15-11(16)6-7-14-12(17)8-13/h2-5H,6-8H2,1H3,(H,14,17)(H,15,16). The van der Waals surface area contributed by atoms with E-state index in [0.717, 1.165) is 11.3 Å². The van der Waals surface area contributed by atoms with Gasteiger partial charge in [-0.05, 0) is 18.6 Å². The van der Waals surface area contributed by atoms with Crippen LogP contribution in [0.1, 0.15) is 12.0 Å². The average molecular weight is 255 g/mol. The zero-order chi connectivity index (χ0) is 12.7. The number of hydrogen-bond acceptors (Lipinski definition) is 2. The molecule has 0 aliphatic rings. The van der Waals surface area contributed by atoms with E-state index in [0.29, 0.717) is 6.54 Å². The molecule has 0 radical (unpaired) electrons. The van der Waals surface area contributed by atoms with Crippen LogP contribution < -0.4 is 10.6 Å². The molecule has 0 aliphatic carbocycles. The van der Waals surface area contributed by atoms with Gasteiger partial charge >= 0.3 is 0 Å². The number of anilines is 1. The second-order valence-corrected chi connectivity index (χ2v) is 3.86. The summed E-state index contributed by atoms with van der Waals surface area (Å²) >= 11 is 5.31. The lowest BCUT2D eigenvalue weighted by Crippen LogP contribution is -2.28. The first-order valence-corrected chi connectivity index (χ1v) is 5.85. The molecule has 0 saturated carbocycles. The molecule has 0 bridgehead atoms. The predicted octanol–water partition coefficient (Wildman–Crippen LogP) is 1.68. The van der Waals surface area contributed by atoms with E-state index in [1.807, 2.05) is 31.2 Å².